The summed E-state index contributed by atoms with van der Waals surface area (Å²) < 4.78 is 16.6. The van der Waals surface area contributed by atoms with Crippen LogP contribution in [0.15, 0.2) is 30.3 Å². The van der Waals surface area contributed by atoms with E-state index in [-0.39, 0.29) is 23.3 Å². The van der Waals surface area contributed by atoms with Gasteiger partial charge in [0.05, 0.1) is 24.0 Å². The Balaban J connectivity index is 2.15. The lowest BCUT2D eigenvalue weighted by atomic mass is 9.75. The molecule has 1 aliphatic rings. The van der Waals surface area contributed by atoms with Crippen molar-refractivity contribution in [1.29, 1.82) is 0 Å². The summed E-state index contributed by atoms with van der Waals surface area (Å²) in [5, 5.41) is 5.39. The van der Waals surface area contributed by atoms with Crippen LogP contribution in [0.5, 0.6) is 0 Å². The molecule has 1 aromatic rings. The Kier molecular flexibility index (Phi) is 9.70. The molecule has 0 radical (unpaired) electrons. The Morgan fingerprint density at radius 2 is 1.65 bits per heavy atom. The molecule has 0 spiro atoms. The van der Waals surface area contributed by atoms with Gasteiger partial charge in [-0.1, -0.05) is 51.1 Å². The van der Waals surface area contributed by atoms with E-state index in [1.165, 1.54) is 0 Å². The number of amides is 2. The van der Waals surface area contributed by atoms with E-state index in [0.717, 1.165) is 0 Å². The summed E-state index contributed by atoms with van der Waals surface area (Å²) >= 11 is 0. The van der Waals surface area contributed by atoms with Crippen LogP contribution in [0, 0.1) is 11.8 Å². The Morgan fingerprint density at radius 1 is 1.05 bits per heavy atom. The highest BCUT2D eigenvalue weighted by Gasteiger charge is 2.51. The third-order valence-corrected chi connectivity index (χ3v) is 11.4. The molecule has 1 fully saturated rings. The maximum atomic E-state index is 13.5. The Bertz CT molecular complexity index is 983. The number of benzene rings is 1. The first kappa shape index (κ1) is 30.5. The van der Waals surface area contributed by atoms with Crippen molar-refractivity contribution in [1.82, 2.24) is 10.6 Å². The highest BCUT2D eigenvalue weighted by atomic mass is 28.4. The van der Waals surface area contributed by atoms with Gasteiger partial charge in [0.25, 0.3) is 0 Å². The average molecular weight is 535 g/mol. The first-order valence-electron chi connectivity index (χ1n) is 12.6. The molecule has 1 saturated heterocycles. The first-order chi connectivity index (χ1) is 16.9. The van der Waals surface area contributed by atoms with Gasteiger partial charge in [-0.2, -0.15) is 0 Å². The second kappa shape index (κ2) is 11.8. The number of nitrogens with one attached hydrogen (secondary N) is 2. The second-order valence-corrected chi connectivity index (χ2v) is 16.8. The van der Waals surface area contributed by atoms with Gasteiger partial charge in [0.15, 0.2) is 20.7 Å². The molecule has 206 valence electrons. The van der Waals surface area contributed by atoms with E-state index in [0.29, 0.717) is 5.56 Å². The Labute approximate surface area is 221 Å². The van der Waals surface area contributed by atoms with Crippen LogP contribution in [0.3, 0.4) is 0 Å². The van der Waals surface area contributed by atoms with Gasteiger partial charge in [0.1, 0.15) is 5.60 Å². The summed E-state index contributed by atoms with van der Waals surface area (Å²) in [6, 6.07) is 8.18. The summed E-state index contributed by atoms with van der Waals surface area (Å²) in [5.74, 6) is -2.39. The highest BCUT2D eigenvalue weighted by Crippen LogP contribution is 2.39. The summed E-state index contributed by atoms with van der Waals surface area (Å²) in [5.41, 5.74) is -0.237. The molecule has 2 N–H and O–H groups in total. The fourth-order valence-electron chi connectivity index (χ4n) is 3.93. The van der Waals surface area contributed by atoms with Crippen molar-refractivity contribution < 1.29 is 33.1 Å². The molecule has 4 atom stereocenters. The van der Waals surface area contributed by atoms with Crippen LogP contribution < -0.4 is 10.6 Å². The molecule has 2 rings (SSSR count). The minimum absolute atomic E-state index is 0.0459. The molecule has 1 aliphatic heterocycles. The minimum atomic E-state index is -2.17. The van der Waals surface area contributed by atoms with E-state index in [2.05, 4.69) is 44.5 Å². The highest BCUT2D eigenvalue weighted by molar-refractivity contribution is 6.74. The van der Waals surface area contributed by atoms with Crippen LogP contribution in [0.4, 0.5) is 4.79 Å². The number of esters is 1. The van der Waals surface area contributed by atoms with Crippen molar-refractivity contribution >= 4 is 32.1 Å². The number of hydrogen-bond donors (Lipinski definition) is 2. The molecule has 10 heteroatoms. The molecular weight excluding hydrogens is 492 g/mol. The lowest BCUT2D eigenvalue weighted by molar-refractivity contribution is -0.158. The average Bonchev–Trinajstić information content (AvgIpc) is 2.75. The number of carbonyl (C=O) groups excluding carboxylic acids is 4. The number of ketones is 1. The van der Waals surface area contributed by atoms with Crippen molar-refractivity contribution in [2.45, 2.75) is 84.3 Å². The normalized spacial score (nSPS) is 19.6. The monoisotopic (exact) mass is 534 g/mol. The van der Waals surface area contributed by atoms with Gasteiger partial charge in [-0.15, -0.1) is 0 Å². The quantitative estimate of drug-likeness (QED) is 0.201. The molecule has 2 amide bonds. The standard InChI is InChI=1S/C27H42N2O7Si/c1-17(36-37(8,9)27(5,6)7)21-22(29-24(21)32)19(23(31)18-13-11-10-12-14-18)15-28-25(33)34-16-20(30)35-26(2,3)4/h10-14,17,19,21-22H,15-16H2,1-9H3,(H,28,33)(H,29,32)/t17-,19?,21-,22-/m1/s1. The van der Waals surface area contributed by atoms with Gasteiger partial charge >= 0.3 is 12.1 Å². The maximum absolute atomic E-state index is 13.5. The van der Waals surface area contributed by atoms with Gasteiger partial charge in [0, 0.05) is 12.1 Å². The minimum Gasteiger partial charge on any atom is -0.457 e. The van der Waals surface area contributed by atoms with Gasteiger partial charge < -0.3 is 24.5 Å². The zero-order valence-corrected chi connectivity index (χ0v) is 24.5. The molecular formula is C27H42N2O7Si. The molecule has 1 aromatic carbocycles. The van der Waals surface area contributed by atoms with Gasteiger partial charge in [-0.05, 0) is 45.8 Å². The SMILES string of the molecule is C[C@@H](O[Si](C)(C)C(C)(C)C)[C@H]1C(=O)N[C@@H]1C(CNC(=O)OCC(=O)OC(C)(C)C)C(=O)c1ccccc1. The smallest absolute Gasteiger partial charge is 0.407 e. The molecule has 1 unspecified atom stereocenters. The number of carbonyl (C=O) groups is 4. The third-order valence-electron chi connectivity index (χ3n) is 6.83. The molecule has 0 aliphatic carbocycles. The second-order valence-electron chi connectivity index (χ2n) is 12.0. The van der Waals surface area contributed by atoms with E-state index in [1.807, 2.05) is 6.92 Å². The molecule has 37 heavy (non-hydrogen) atoms. The summed E-state index contributed by atoms with van der Waals surface area (Å²) in [6.45, 7) is 17.0. The molecule has 1 heterocycles. The molecule has 9 nitrogen and oxygen atoms in total. The number of ether oxygens (including phenoxy) is 2. The van der Waals surface area contributed by atoms with Crippen LogP contribution in [0.25, 0.3) is 0 Å². The van der Waals surface area contributed by atoms with E-state index >= 15 is 0 Å². The fourth-order valence-corrected chi connectivity index (χ4v) is 5.36. The number of hydrogen-bond acceptors (Lipinski definition) is 7. The molecule has 0 bridgehead atoms. The number of alkyl carbamates (subject to hydrolysis) is 1. The van der Waals surface area contributed by atoms with E-state index in [4.69, 9.17) is 13.9 Å². The van der Waals surface area contributed by atoms with Crippen LogP contribution >= 0.6 is 0 Å². The number of rotatable bonds is 10. The van der Waals surface area contributed by atoms with Crippen molar-refractivity contribution in [2.24, 2.45) is 11.8 Å². The first-order valence-corrected chi connectivity index (χ1v) is 15.5. The zero-order chi connectivity index (χ0) is 28.2. The maximum Gasteiger partial charge on any atom is 0.407 e. The van der Waals surface area contributed by atoms with E-state index in [9.17, 15) is 19.2 Å². The lowest BCUT2D eigenvalue weighted by Crippen LogP contribution is -2.68. The van der Waals surface area contributed by atoms with Crippen LogP contribution in [0.2, 0.25) is 18.1 Å². The number of Topliss-reactive ketones (excluding diaryl/α,β-unsaturated/α-hetero) is 1. The Hall–Kier alpha value is -2.72. The Morgan fingerprint density at radius 3 is 2.16 bits per heavy atom. The molecule has 0 aromatic heterocycles. The topological polar surface area (TPSA) is 120 Å². The fraction of sp³-hybridized carbons (Fsp3) is 0.630. The van der Waals surface area contributed by atoms with Crippen LogP contribution in [-0.4, -0.2) is 63.0 Å². The zero-order valence-electron chi connectivity index (χ0n) is 23.5. The lowest BCUT2D eigenvalue weighted by Gasteiger charge is -2.47. The van der Waals surface area contributed by atoms with E-state index < -0.39 is 56.6 Å². The van der Waals surface area contributed by atoms with Gasteiger partial charge in [-0.3, -0.25) is 9.59 Å². The predicted octanol–water partition coefficient (Wildman–Crippen LogP) is 4.08. The van der Waals surface area contributed by atoms with Crippen LogP contribution in [-0.2, 0) is 23.5 Å². The van der Waals surface area contributed by atoms with Crippen molar-refractivity contribution in [3.8, 4) is 0 Å². The van der Waals surface area contributed by atoms with Gasteiger partial charge in [0.2, 0.25) is 5.91 Å². The third kappa shape index (κ3) is 8.39. The summed E-state index contributed by atoms with van der Waals surface area (Å²) in [7, 11) is -2.17. The van der Waals surface area contributed by atoms with Crippen molar-refractivity contribution in [3.05, 3.63) is 35.9 Å². The number of β-lactam (4-membered cyclic amide) rings is 1. The van der Waals surface area contributed by atoms with Gasteiger partial charge in [-0.25, -0.2) is 9.59 Å². The largest absolute Gasteiger partial charge is 0.457 e. The molecule has 0 saturated carbocycles. The predicted molar refractivity (Wildman–Crippen MR) is 143 cm³/mol. The van der Waals surface area contributed by atoms with Crippen LogP contribution in [0.1, 0.15) is 58.8 Å². The summed E-state index contributed by atoms with van der Waals surface area (Å²) in [4.78, 5) is 50.3. The summed E-state index contributed by atoms with van der Waals surface area (Å²) in [6.07, 6.45) is -1.27. The van der Waals surface area contributed by atoms with Crippen molar-refractivity contribution in [2.75, 3.05) is 13.2 Å². The van der Waals surface area contributed by atoms with E-state index in [1.54, 1.807) is 51.1 Å². The van der Waals surface area contributed by atoms with Crippen molar-refractivity contribution in [3.63, 3.8) is 0 Å².